The number of hydrogen-bond donors (Lipinski definition) is 2. The van der Waals surface area contributed by atoms with Gasteiger partial charge < -0.3 is 10.6 Å². The SMILES string of the molecule is Cc1ccc(NC(=O)Nc2ccccc2Br)cc1C. The van der Waals surface area contributed by atoms with Crippen molar-refractivity contribution in [2.75, 3.05) is 10.6 Å². The van der Waals surface area contributed by atoms with Gasteiger partial charge in [-0.25, -0.2) is 4.79 Å². The summed E-state index contributed by atoms with van der Waals surface area (Å²) in [5, 5.41) is 5.61. The van der Waals surface area contributed by atoms with Gasteiger partial charge in [0.1, 0.15) is 0 Å². The summed E-state index contributed by atoms with van der Waals surface area (Å²) in [5.74, 6) is 0. The third kappa shape index (κ3) is 3.58. The number of hydrogen-bond acceptors (Lipinski definition) is 1. The summed E-state index contributed by atoms with van der Waals surface area (Å²) in [5.41, 5.74) is 3.88. The van der Waals surface area contributed by atoms with Crippen LogP contribution in [0.5, 0.6) is 0 Å². The number of para-hydroxylation sites is 1. The lowest BCUT2D eigenvalue weighted by Gasteiger charge is -2.10. The number of amides is 2. The molecule has 19 heavy (non-hydrogen) atoms. The monoisotopic (exact) mass is 318 g/mol. The molecule has 0 aromatic heterocycles. The molecule has 0 aliphatic rings. The van der Waals surface area contributed by atoms with E-state index in [0.717, 1.165) is 21.4 Å². The fraction of sp³-hybridized carbons (Fsp3) is 0.133. The van der Waals surface area contributed by atoms with Gasteiger partial charge in [-0.3, -0.25) is 0 Å². The van der Waals surface area contributed by atoms with Gasteiger partial charge in [-0.1, -0.05) is 18.2 Å². The second kappa shape index (κ2) is 5.89. The van der Waals surface area contributed by atoms with Gasteiger partial charge in [0, 0.05) is 10.2 Å². The fourth-order valence-electron chi connectivity index (χ4n) is 1.67. The molecule has 0 saturated carbocycles. The number of rotatable bonds is 2. The quantitative estimate of drug-likeness (QED) is 0.827. The maximum Gasteiger partial charge on any atom is 0.323 e. The van der Waals surface area contributed by atoms with E-state index in [1.165, 1.54) is 5.56 Å². The van der Waals surface area contributed by atoms with E-state index in [0.29, 0.717) is 0 Å². The smallest absolute Gasteiger partial charge is 0.308 e. The summed E-state index contributed by atoms with van der Waals surface area (Å²) in [6.45, 7) is 4.06. The van der Waals surface area contributed by atoms with Gasteiger partial charge in [0.15, 0.2) is 0 Å². The molecule has 4 heteroatoms. The van der Waals surface area contributed by atoms with Crippen LogP contribution in [0.15, 0.2) is 46.9 Å². The molecule has 0 fully saturated rings. The molecule has 0 unspecified atom stereocenters. The zero-order valence-corrected chi connectivity index (χ0v) is 12.4. The summed E-state index contributed by atoms with van der Waals surface area (Å²) in [6.07, 6.45) is 0. The Morgan fingerprint density at radius 3 is 2.42 bits per heavy atom. The topological polar surface area (TPSA) is 41.1 Å². The van der Waals surface area contributed by atoms with Crippen LogP contribution in [0.4, 0.5) is 16.2 Å². The Labute approximate surface area is 121 Å². The molecule has 0 saturated heterocycles. The Morgan fingerprint density at radius 2 is 1.74 bits per heavy atom. The molecular weight excluding hydrogens is 304 g/mol. The molecule has 2 amide bonds. The standard InChI is InChI=1S/C15H15BrN2O/c1-10-7-8-12(9-11(10)2)17-15(19)18-14-6-4-3-5-13(14)16/h3-9H,1-2H3,(H2,17,18,19). The minimum atomic E-state index is -0.254. The molecular formula is C15H15BrN2O. The molecule has 2 aromatic carbocycles. The number of urea groups is 1. The Bertz CT molecular complexity index is 611. The van der Waals surface area contributed by atoms with Gasteiger partial charge in [-0.2, -0.15) is 0 Å². The first-order chi connectivity index (χ1) is 9.06. The summed E-state index contributed by atoms with van der Waals surface area (Å²) in [7, 11) is 0. The van der Waals surface area contributed by atoms with Gasteiger partial charge in [-0.05, 0) is 65.2 Å². The zero-order valence-electron chi connectivity index (χ0n) is 10.8. The normalized spacial score (nSPS) is 10.1. The zero-order chi connectivity index (χ0) is 13.8. The lowest BCUT2D eigenvalue weighted by atomic mass is 10.1. The Hall–Kier alpha value is -1.81. The molecule has 0 aliphatic carbocycles. The second-order valence-corrected chi connectivity index (χ2v) is 5.21. The van der Waals surface area contributed by atoms with Crippen molar-refractivity contribution >= 4 is 33.3 Å². The maximum atomic E-state index is 11.9. The van der Waals surface area contributed by atoms with E-state index in [-0.39, 0.29) is 6.03 Å². The van der Waals surface area contributed by atoms with E-state index < -0.39 is 0 Å². The number of nitrogens with one attached hydrogen (secondary N) is 2. The van der Waals surface area contributed by atoms with Crippen LogP contribution in [0.3, 0.4) is 0 Å². The predicted octanol–water partition coefficient (Wildman–Crippen LogP) is 4.71. The highest BCUT2D eigenvalue weighted by molar-refractivity contribution is 9.10. The van der Waals surface area contributed by atoms with Crippen LogP contribution in [0.2, 0.25) is 0 Å². The molecule has 0 bridgehead atoms. The van der Waals surface area contributed by atoms with Crippen LogP contribution in [0.1, 0.15) is 11.1 Å². The lowest BCUT2D eigenvalue weighted by Crippen LogP contribution is -2.19. The third-order valence-electron chi connectivity index (χ3n) is 2.89. The first-order valence-corrected chi connectivity index (χ1v) is 6.75. The number of carbonyl (C=O) groups excluding carboxylic acids is 1. The van der Waals surface area contributed by atoms with Crippen molar-refractivity contribution in [1.82, 2.24) is 0 Å². The Balaban J connectivity index is 2.05. The van der Waals surface area contributed by atoms with Crippen LogP contribution >= 0.6 is 15.9 Å². The summed E-state index contributed by atoms with van der Waals surface area (Å²) in [4.78, 5) is 11.9. The molecule has 98 valence electrons. The van der Waals surface area contributed by atoms with Gasteiger partial charge in [0.2, 0.25) is 0 Å². The van der Waals surface area contributed by atoms with Crippen molar-refractivity contribution in [3.05, 3.63) is 58.1 Å². The van der Waals surface area contributed by atoms with Gasteiger partial charge in [0.25, 0.3) is 0 Å². The van der Waals surface area contributed by atoms with Crippen LogP contribution < -0.4 is 10.6 Å². The van der Waals surface area contributed by atoms with Crippen molar-refractivity contribution < 1.29 is 4.79 Å². The van der Waals surface area contributed by atoms with E-state index in [1.807, 2.05) is 56.3 Å². The number of halogens is 1. The number of benzene rings is 2. The molecule has 2 rings (SSSR count). The molecule has 0 aliphatic heterocycles. The average molecular weight is 319 g/mol. The highest BCUT2D eigenvalue weighted by Gasteiger charge is 2.05. The summed E-state index contributed by atoms with van der Waals surface area (Å²) in [6, 6.07) is 13.1. The molecule has 3 nitrogen and oxygen atoms in total. The van der Waals surface area contributed by atoms with Crippen LogP contribution in [-0.2, 0) is 0 Å². The lowest BCUT2D eigenvalue weighted by molar-refractivity contribution is 0.262. The maximum absolute atomic E-state index is 11.9. The fourth-order valence-corrected chi connectivity index (χ4v) is 2.05. The molecule has 0 radical (unpaired) electrons. The molecule has 2 N–H and O–H groups in total. The van der Waals surface area contributed by atoms with E-state index >= 15 is 0 Å². The number of anilines is 2. The Kier molecular flexibility index (Phi) is 4.22. The average Bonchev–Trinajstić information content (AvgIpc) is 2.37. The van der Waals surface area contributed by atoms with E-state index in [1.54, 1.807) is 0 Å². The highest BCUT2D eigenvalue weighted by atomic mass is 79.9. The molecule has 0 spiro atoms. The highest BCUT2D eigenvalue weighted by Crippen LogP contribution is 2.21. The third-order valence-corrected chi connectivity index (χ3v) is 3.58. The second-order valence-electron chi connectivity index (χ2n) is 4.36. The largest absolute Gasteiger partial charge is 0.323 e. The predicted molar refractivity (Wildman–Crippen MR) is 82.7 cm³/mol. The van der Waals surface area contributed by atoms with Gasteiger partial charge >= 0.3 is 6.03 Å². The van der Waals surface area contributed by atoms with Crippen LogP contribution in [0, 0.1) is 13.8 Å². The van der Waals surface area contributed by atoms with Crippen molar-refractivity contribution in [1.29, 1.82) is 0 Å². The summed E-state index contributed by atoms with van der Waals surface area (Å²) < 4.78 is 0.852. The number of aryl methyl sites for hydroxylation is 2. The van der Waals surface area contributed by atoms with Crippen molar-refractivity contribution in [2.24, 2.45) is 0 Å². The minimum absolute atomic E-state index is 0.254. The van der Waals surface area contributed by atoms with Gasteiger partial charge in [-0.15, -0.1) is 0 Å². The van der Waals surface area contributed by atoms with E-state index in [9.17, 15) is 4.79 Å². The molecule has 0 heterocycles. The van der Waals surface area contributed by atoms with E-state index in [4.69, 9.17) is 0 Å². The van der Waals surface area contributed by atoms with Crippen LogP contribution in [-0.4, -0.2) is 6.03 Å². The minimum Gasteiger partial charge on any atom is -0.308 e. The van der Waals surface area contributed by atoms with Crippen LogP contribution in [0.25, 0.3) is 0 Å². The van der Waals surface area contributed by atoms with Crippen molar-refractivity contribution in [3.8, 4) is 0 Å². The number of carbonyl (C=O) groups is 1. The van der Waals surface area contributed by atoms with Crippen molar-refractivity contribution in [3.63, 3.8) is 0 Å². The van der Waals surface area contributed by atoms with E-state index in [2.05, 4.69) is 26.6 Å². The Morgan fingerprint density at radius 1 is 1.00 bits per heavy atom. The first kappa shape index (κ1) is 13.6. The van der Waals surface area contributed by atoms with Gasteiger partial charge in [0.05, 0.1) is 5.69 Å². The summed E-state index contributed by atoms with van der Waals surface area (Å²) >= 11 is 3.39. The van der Waals surface area contributed by atoms with Crippen molar-refractivity contribution in [2.45, 2.75) is 13.8 Å². The molecule has 2 aromatic rings. The first-order valence-electron chi connectivity index (χ1n) is 5.96. The molecule has 0 atom stereocenters.